The van der Waals surface area contributed by atoms with Crippen molar-refractivity contribution in [2.45, 2.75) is 77.0 Å². The number of hydrogen-bond donors (Lipinski definition) is 5. The Hall–Kier alpha value is -1.64. The van der Waals surface area contributed by atoms with E-state index in [0.29, 0.717) is 48.0 Å². The fourth-order valence-electron chi connectivity index (χ4n) is 6.35. The summed E-state index contributed by atoms with van der Waals surface area (Å²) >= 11 is 0. The SMILES string of the molecule is CC1CC(CNC(=O)C2CC(Cn3ccn(C)c3=N)CC(C3CCCNC3C)C2)NCN1. The van der Waals surface area contributed by atoms with E-state index in [-0.39, 0.29) is 11.8 Å². The van der Waals surface area contributed by atoms with E-state index in [1.807, 2.05) is 28.6 Å². The molecule has 7 atom stereocenters. The van der Waals surface area contributed by atoms with Gasteiger partial charge in [-0.25, -0.2) is 0 Å². The van der Waals surface area contributed by atoms with Crippen molar-refractivity contribution >= 4 is 5.91 Å². The van der Waals surface area contributed by atoms with E-state index in [4.69, 9.17) is 5.41 Å². The Bertz CT molecular complexity index is 818. The number of nitrogens with one attached hydrogen (secondary N) is 5. The maximum Gasteiger partial charge on any atom is 0.223 e. The first kappa shape index (κ1) is 23.5. The minimum absolute atomic E-state index is 0.0745. The first-order valence-corrected chi connectivity index (χ1v) is 12.6. The molecule has 0 bridgehead atoms. The highest BCUT2D eigenvalue weighted by molar-refractivity contribution is 5.78. The number of nitrogens with zero attached hydrogens (tertiary/aromatic N) is 2. The third-order valence-corrected chi connectivity index (χ3v) is 8.17. The van der Waals surface area contributed by atoms with Crippen LogP contribution in [0.5, 0.6) is 0 Å². The second kappa shape index (κ2) is 10.5. The molecule has 0 aromatic carbocycles. The number of carbonyl (C=O) groups excluding carboxylic acids is 1. The quantitative estimate of drug-likeness (QED) is 0.453. The molecular formula is C24H43N7O. The topological polar surface area (TPSA) is 98.9 Å². The summed E-state index contributed by atoms with van der Waals surface area (Å²) in [6.45, 7) is 7.99. The highest BCUT2D eigenvalue weighted by Gasteiger charge is 2.39. The molecule has 32 heavy (non-hydrogen) atoms. The maximum absolute atomic E-state index is 13.3. The van der Waals surface area contributed by atoms with Crippen LogP contribution in [-0.2, 0) is 18.4 Å². The van der Waals surface area contributed by atoms with Crippen LogP contribution in [0.4, 0.5) is 0 Å². The average molecular weight is 446 g/mol. The van der Waals surface area contributed by atoms with Crippen molar-refractivity contribution in [2.24, 2.45) is 30.7 Å². The number of piperidine rings is 1. The van der Waals surface area contributed by atoms with Gasteiger partial charge in [-0.3, -0.25) is 15.5 Å². The van der Waals surface area contributed by atoms with Crippen LogP contribution >= 0.6 is 0 Å². The van der Waals surface area contributed by atoms with Gasteiger partial charge >= 0.3 is 0 Å². The molecule has 3 heterocycles. The van der Waals surface area contributed by atoms with Gasteiger partial charge in [-0.1, -0.05) is 0 Å². The van der Waals surface area contributed by atoms with Gasteiger partial charge in [0.25, 0.3) is 0 Å². The summed E-state index contributed by atoms with van der Waals surface area (Å²) in [6, 6.07) is 1.36. The Labute approximate surface area is 192 Å². The zero-order chi connectivity index (χ0) is 22.7. The Morgan fingerprint density at radius 1 is 1.16 bits per heavy atom. The number of carbonyl (C=O) groups is 1. The van der Waals surface area contributed by atoms with Crippen LogP contribution in [0, 0.1) is 29.1 Å². The van der Waals surface area contributed by atoms with Gasteiger partial charge in [0.05, 0.1) is 0 Å². The van der Waals surface area contributed by atoms with E-state index in [0.717, 1.165) is 45.4 Å². The summed E-state index contributed by atoms with van der Waals surface area (Å²) in [5.41, 5.74) is 0.534. The van der Waals surface area contributed by atoms with E-state index in [9.17, 15) is 4.79 Å². The Kier molecular flexibility index (Phi) is 7.74. The van der Waals surface area contributed by atoms with Gasteiger partial charge in [-0.2, -0.15) is 0 Å². The van der Waals surface area contributed by atoms with E-state index in [1.165, 1.54) is 12.8 Å². The van der Waals surface area contributed by atoms with E-state index in [2.05, 4.69) is 35.1 Å². The van der Waals surface area contributed by atoms with Gasteiger partial charge in [0.2, 0.25) is 11.5 Å². The van der Waals surface area contributed by atoms with Crippen LogP contribution in [0.2, 0.25) is 0 Å². The minimum atomic E-state index is 0.0745. The fraction of sp³-hybridized carbons (Fsp3) is 0.833. The van der Waals surface area contributed by atoms with Gasteiger partial charge < -0.3 is 25.1 Å². The van der Waals surface area contributed by atoms with Crippen molar-refractivity contribution in [3.8, 4) is 0 Å². The molecule has 2 aliphatic heterocycles. The van der Waals surface area contributed by atoms with Crippen LogP contribution in [0.25, 0.3) is 0 Å². The molecule has 4 rings (SSSR count). The lowest BCUT2D eigenvalue weighted by Crippen LogP contribution is -2.54. The molecule has 3 fully saturated rings. The Balaban J connectivity index is 1.42. The molecule has 1 aromatic rings. The number of aromatic nitrogens is 2. The summed E-state index contributed by atoms with van der Waals surface area (Å²) < 4.78 is 3.90. The summed E-state index contributed by atoms with van der Waals surface area (Å²) in [4.78, 5) is 13.3. The predicted octanol–water partition coefficient (Wildman–Crippen LogP) is 1.14. The zero-order valence-electron chi connectivity index (χ0n) is 20.1. The molecule has 7 unspecified atom stereocenters. The third kappa shape index (κ3) is 5.64. The fourth-order valence-corrected chi connectivity index (χ4v) is 6.35. The molecular weight excluding hydrogens is 402 g/mol. The molecule has 180 valence electrons. The van der Waals surface area contributed by atoms with E-state index < -0.39 is 0 Å². The van der Waals surface area contributed by atoms with Crippen molar-refractivity contribution in [2.75, 3.05) is 19.8 Å². The molecule has 0 radical (unpaired) electrons. The van der Waals surface area contributed by atoms with Gasteiger partial charge in [0.1, 0.15) is 0 Å². The Morgan fingerprint density at radius 2 is 2.00 bits per heavy atom. The minimum Gasteiger partial charge on any atom is -0.354 e. The first-order chi connectivity index (χ1) is 15.4. The molecule has 5 N–H and O–H groups in total. The summed E-state index contributed by atoms with van der Waals surface area (Å²) in [6.07, 6.45) is 10.6. The van der Waals surface area contributed by atoms with Gasteiger partial charge in [0.15, 0.2) is 0 Å². The molecule has 1 saturated carbocycles. The smallest absolute Gasteiger partial charge is 0.223 e. The zero-order valence-corrected chi connectivity index (χ0v) is 20.1. The summed E-state index contributed by atoms with van der Waals surface area (Å²) in [5, 5.41) is 22.1. The highest BCUT2D eigenvalue weighted by Crippen LogP contribution is 2.41. The first-order valence-electron chi connectivity index (χ1n) is 12.6. The summed E-state index contributed by atoms with van der Waals surface area (Å²) in [5.74, 6) is 1.96. The number of aryl methyl sites for hydroxylation is 1. The van der Waals surface area contributed by atoms with Crippen LogP contribution in [0.15, 0.2) is 12.4 Å². The molecule has 2 saturated heterocycles. The highest BCUT2D eigenvalue weighted by atomic mass is 16.1. The lowest BCUT2D eigenvalue weighted by molar-refractivity contribution is -0.127. The van der Waals surface area contributed by atoms with E-state index in [1.54, 1.807) is 0 Å². The molecule has 1 aromatic heterocycles. The molecule has 8 heteroatoms. The number of rotatable bonds is 6. The molecule has 8 nitrogen and oxygen atoms in total. The van der Waals surface area contributed by atoms with Crippen LogP contribution in [0.1, 0.15) is 52.4 Å². The lowest BCUT2D eigenvalue weighted by Gasteiger charge is -2.42. The van der Waals surface area contributed by atoms with Crippen molar-refractivity contribution in [1.29, 1.82) is 5.41 Å². The molecule has 3 aliphatic rings. The number of imidazole rings is 1. The predicted molar refractivity (Wildman–Crippen MR) is 126 cm³/mol. The maximum atomic E-state index is 13.3. The summed E-state index contributed by atoms with van der Waals surface area (Å²) in [7, 11) is 1.92. The van der Waals surface area contributed by atoms with Crippen molar-refractivity contribution < 1.29 is 4.79 Å². The van der Waals surface area contributed by atoms with Gasteiger partial charge in [-0.15, -0.1) is 0 Å². The lowest BCUT2D eigenvalue weighted by atomic mass is 9.67. The average Bonchev–Trinajstić information content (AvgIpc) is 3.09. The molecule has 1 aliphatic carbocycles. The second-order valence-corrected chi connectivity index (χ2v) is 10.6. The van der Waals surface area contributed by atoms with E-state index >= 15 is 0 Å². The number of amides is 1. The van der Waals surface area contributed by atoms with Crippen molar-refractivity contribution in [1.82, 2.24) is 30.4 Å². The second-order valence-electron chi connectivity index (χ2n) is 10.6. The van der Waals surface area contributed by atoms with Gasteiger partial charge in [-0.05, 0) is 76.7 Å². The van der Waals surface area contributed by atoms with Crippen molar-refractivity contribution in [3.63, 3.8) is 0 Å². The monoisotopic (exact) mass is 445 g/mol. The largest absolute Gasteiger partial charge is 0.354 e. The van der Waals surface area contributed by atoms with Crippen LogP contribution < -0.4 is 26.9 Å². The van der Waals surface area contributed by atoms with Crippen LogP contribution in [0.3, 0.4) is 0 Å². The molecule has 0 spiro atoms. The third-order valence-electron chi connectivity index (χ3n) is 8.17. The number of hydrogen-bond acceptors (Lipinski definition) is 5. The van der Waals surface area contributed by atoms with Crippen molar-refractivity contribution in [3.05, 3.63) is 18.0 Å². The Morgan fingerprint density at radius 3 is 2.72 bits per heavy atom. The molecule has 1 amide bonds. The van der Waals surface area contributed by atoms with Gasteiger partial charge in [0, 0.05) is 63.2 Å². The standard InChI is InChI=1S/C24H43N7O/c1-16-9-21(29-15-28-16)13-27-23(32)20-11-18(14-31-8-7-30(3)24(31)25)10-19(12-20)22-5-4-6-26-17(22)2/h7-8,16-22,25-26,28-29H,4-6,9-15H2,1-3H3,(H,27,32). The van der Waals surface area contributed by atoms with Crippen LogP contribution in [-0.4, -0.2) is 52.9 Å². The normalized spacial score (nSPS) is 36.0.